The smallest absolute Gasteiger partial charge is 0.462 e. The van der Waals surface area contributed by atoms with Gasteiger partial charge >= 0.3 is 39.5 Å². The quantitative estimate of drug-likeness (QED) is 0.0169. The number of rotatable bonds is 65. The zero-order chi connectivity index (χ0) is 67.5. The molecular formula is C73H124O17P2. The van der Waals surface area contributed by atoms with E-state index in [4.69, 9.17) is 37.0 Å². The van der Waals surface area contributed by atoms with E-state index in [-0.39, 0.29) is 25.7 Å². The van der Waals surface area contributed by atoms with E-state index in [1.165, 1.54) is 25.7 Å². The summed E-state index contributed by atoms with van der Waals surface area (Å²) in [5.74, 6) is -2.26. The Labute approximate surface area is 556 Å². The number of aliphatic hydroxyl groups excluding tert-OH is 1. The second kappa shape index (κ2) is 65.4. The molecule has 0 aromatic carbocycles. The summed E-state index contributed by atoms with van der Waals surface area (Å²) in [6.45, 7) is 4.45. The molecule has 17 nitrogen and oxygen atoms in total. The van der Waals surface area contributed by atoms with E-state index < -0.39 is 97.5 Å². The van der Waals surface area contributed by atoms with Crippen molar-refractivity contribution in [2.75, 3.05) is 39.6 Å². The van der Waals surface area contributed by atoms with Gasteiger partial charge in [0.15, 0.2) is 12.2 Å². The van der Waals surface area contributed by atoms with Gasteiger partial charge < -0.3 is 33.8 Å². The van der Waals surface area contributed by atoms with E-state index in [2.05, 4.69) is 137 Å². The Morgan fingerprint density at radius 3 is 0.902 bits per heavy atom. The lowest BCUT2D eigenvalue weighted by Crippen LogP contribution is -2.30. The first-order valence-corrected chi connectivity index (χ1v) is 38.1. The molecule has 0 amide bonds. The zero-order valence-electron chi connectivity index (χ0n) is 57.2. The van der Waals surface area contributed by atoms with Crippen molar-refractivity contribution < 1.29 is 80.2 Å². The third-order valence-electron chi connectivity index (χ3n) is 14.2. The second-order valence-electron chi connectivity index (χ2n) is 23.1. The topological polar surface area (TPSA) is 237 Å². The molecule has 19 heteroatoms. The van der Waals surface area contributed by atoms with Gasteiger partial charge in [0, 0.05) is 25.7 Å². The Balaban J connectivity index is 5.35. The number of hydrogen-bond donors (Lipinski definition) is 3. The second-order valence-corrected chi connectivity index (χ2v) is 26.0. The Bertz CT molecular complexity index is 2180. The Morgan fingerprint density at radius 2 is 0.565 bits per heavy atom. The minimum Gasteiger partial charge on any atom is -0.462 e. The summed E-state index contributed by atoms with van der Waals surface area (Å²) in [7, 11) is -9.95. The first kappa shape index (κ1) is 87.7. The lowest BCUT2D eigenvalue weighted by atomic mass is 10.1. The number of hydrogen-bond acceptors (Lipinski definition) is 15. The fraction of sp³-hybridized carbons (Fsp3) is 0.699. The van der Waals surface area contributed by atoms with Gasteiger partial charge in [-0.3, -0.25) is 37.3 Å². The number of phosphoric acid groups is 2. The number of esters is 4. The molecule has 5 unspecified atom stereocenters. The van der Waals surface area contributed by atoms with Crippen molar-refractivity contribution in [3.63, 3.8) is 0 Å². The van der Waals surface area contributed by atoms with Gasteiger partial charge in [-0.25, -0.2) is 9.13 Å². The van der Waals surface area contributed by atoms with Crippen molar-refractivity contribution in [1.82, 2.24) is 0 Å². The van der Waals surface area contributed by atoms with Crippen LogP contribution in [0.5, 0.6) is 0 Å². The van der Waals surface area contributed by atoms with Gasteiger partial charge in [-0.05, 0) is 135 Å². The number of allylic oxidation sites excluding steroid dienone is 18. The van der Waals surface area contributed by atoms with Gasteiger partial charge in [-0.1, -0.05) is 221 Å². The first-order valence-electron chi connectivity index (χ1n) is 35.1. The van der Waals surface area contributed by atoms with E-state index in [0.29, 0.717) is 25.7 Å². The van der Waals surface area contributed by atoms with E-state index in [1.807, 2.05) is 0 Å². The number of aliphatic hydroxyl groups is 1. The number of unbranched alkanes of at least 4 members (excludes halogenated alkanes) is 21. The average molecular weight is 1340 g/mol. The molecule has 5 atom stereocenters. The summed E-state index contributed by atoms with van der Waals surface area (Å²) in [6, 6.07) is 0. The standard InChI is InChI=1S/C73H124O17P2/c1-5-9-13-17-21-25-29-31-33-35-39-41-45-49-53-57-70(75)83-63-68(89-72(77)59-55-51-47-43-37-27-23-19-15-11-7-3)65-87-91(79,80)85-61-67(74)62-86-92(81,82)88-66-69(90-73(78)60-56-52-48-44-38-28-24-20-16-12-8-4)64-84-71(76)58-54-50-46-42-40-36-34-32-30-26-22-18-14-10-6-2/h9-10,13-14,19-26,31-34,39,41,67-69,74H,5-8,11-12,15-18,27-30,35-38,40,42-66H2,1-4H3,(H,79,80)(H,81,82)/b13-9-,14-10-,23-19-,24-20-,25-21-,26-22-,33-31-,34-32-,41-39-. The summed E-state index contributed by atoms with van der Waals surface area (Å²) in [5, 5.41) is 10.6. The van der Waals surface area contributed by atoms with Crippen molar-refractivity contribution >= 4 is 39.5 Å². The van der Waals surface area contributed by atoms with Crippen LogP contribution in [-0.2, 0) is 65.4 Å². The molecular weight excluding hydrogens is 1210 g/mol. The fourth-order valence-electron chi connectivity index (χ4n) is 8.83. The molecule has 0 aromatic heterocycles. The highest BCUT2D eigenvalue weighted by Gasteiger charge is 2.30. The van der Waals surface area contributed by atoms with Gasteiger partial charge in [0.25, 0.3) is 0 Å². The van der Waals surface area contributed by atoms with Gasteiger partial charge in [0.05, 0.1) is 26.4 Å². The van der Waals surface area contributed by atoms with Crippen molar-refractivity contribution in [2.24, 2.45) is 0 Å². The minimum absolute atomic E-state index is 0.0736. The third kappa shape index (κ3) is 64.4. The molecule has 0 spiro atoms. The van der Waals surface area contributed by atoms with Crippen LogP contribution in [-0.4, -0.2) is 96.7 Å². The van der Waals surface area contributed by atoms with Crippen LogP contribution in [0.1, 0.15) is 272 Å². The van der Waals surface area contributed by atoms with Crippen molar-refractivity contribution in [3.05, 3.63) is 109 Å². The Kier molecular flexibility index (Phi) is 62.3. The normalized spacial score (nSPS) is 14.7. The van der Waals surface area contributed by atoms with Crippen LogP contribution < -0.4 is 0 Å². The molecule has 0 bridgehead atoms. The number of carbonyl (C=O) groups is 4. The highest BCUT2D eigenvalue weighted by Crippen LogP contribution is 2.45. The lowest BCUT2D eigenvalue weighted by Gasteiger charge is -2.21. The van der Waals surface area contributed by atoms with Crippen LogP contribution in [0.25, 0.3) is 0 Å². The first-order chi connectivity index (χ1) is 44.7. The maximum Gasteiger partial charge on any atom is 0.472 e. The predicted octanol–water partition coefficient (Wildman–Crippen LogP) is 19.4. The van der Waals surface area contributed by atoms with E-state index in [1.54, 1.807) is 0 Å². The summed E-state index contributed by atoms with van der Waals surface area (Å²) in [4.78, 5) is 72.5. The molecule has 0 saturated heterocycles. The highest BCUT2D eigenvalue weighted by molar-refractivity contribution is 7.47. The largest absolute Gasteiger partial charge is 0.472 e. The summed E-state index contributed by atoms with van der Waals surface area (Å²) in [6.07, 6.45) is 66.9. The molecule has 0 aliphatic rings. The summed E-state index contributed by atoms with van der Waals surface area (Å²) in [5.41, 5.74) is 0. The number of phosphoric ester groups is 2. The van der Waals surface area contributed by atoms with Crippen LogP contribution in [0.2, 0.25) is 0 Å². The molecule has 0 saturated carbocycles. The molecule has 92 heavy (non-hydrogen) atoms. The molecule has 0 aliphatic carbocycles. The Hall–Kier alpha value is -4.28. The number of ether oxygens (including phenoxy) is 4. The van der Waals surface area contributed by atoms with Gasteiger partial charge in [0.1, 0.15) is 19.3 Å². The fourth-order valence-corrected chi connectivity index (χ4v) is 10.4. The zero-order valence-corrected chi connectivity index (χ0v) is 59.0. The summed E-state index contributed by atoms with van der Waals surface area (Å²) < 4.78 is 68.1. The minimum atomic E-state index is -4.98. The molecule has 0 heterocycles. The Morgan fingerprint density at radius 1 is 0.315 bits per heavy atom. The average Bonchev–Trinajstić information content (AvgIpc) is 2.55. The van der Waals surface area contributed by atoms with Crippen LogP contribution in [0.15, 0.2) is 109 Å². The lowest BCUT2D eigenvalue weighted by molar-refractivity contribution is -0.161. The van der Waals surface area contributed by atoms with Gasteiger partial charge in [0.2, 0.25) is 0 Å². The van der Waals surface area contributed by atoms with Gasteiger partial charge in [-0.2, -0.15) is 0 Å². The van der Waals surface area contributed by atoms with Crippen molar-refractivity contribution in [2.45, 2.75) is 290 Å². The van der Waals surface area contributed by atoms with E-state index >= 15 is 0 Å². The third-order valence-corrected chi connectivity index (χ3v) is 16.1. The van der Waals surface area contributed by atoms with E-state index in [9.17, 15) is 43.2 Å². The molecule has 0 aromatic rings. The molecule has 0 radical (unpaired) electrons. The predicted molar refractivity (Wildman–Crippen MR) is 372 cm³/mol. The van der Waals surface area contributed by atoms with Crippen LogP contribution >= 0.6 is 15.6 Å². The molecule has 0 fully saturated rings. The SMILES string of the molecule is CC/C=C\C/C=C\C/C=C\C/C=C\CCCCC(=O)OCC(COP(=O)(O)OCC(O)COP(=O)(O)OCC(COC(=O)CCCCCCC/C=C\C/C=C\C/C=C\CC)OC(=O)CCCCCCC/C=C\CCCC)OC(=O)CCCCCCC/C=C\CCCC. The molecule has 0 aliphatic heterocycles. The molecule has 528 valence electrons. The molecule has 3 N–H and O–H groups in total. The van der Waals surface area contributed by atoms with Gasteiger partial charge in [-0.15, -0.1) is 0 Å². The summed E-state index contributed by atoms with van der Waals surface area (Å²) >= 11 is 0. The monoisotopic (exact) mass is 1330 g/mol. The maximum atomic E-state index is 13.0. The van der Waals surface area contributed by atoms with Crippen LogP contribution in [0.4, 0.5) is 0 Å². The van der Waals surface area contributed by atoms with E-state index in [0.717, 1.165) is 167 Å². The molecule has 0 rings (SSSR count). The van der Waals surface area contributed by atoms with Crippen molar-refractivity contribution in [1.29, 1.82) is 0 Å². The highest BCUT2D eigenvalue weighted by atomic mass is 31.2. The number of carbonyl (C=O) groups excluding carboxylic acids is 4. The van der Waals surface area contributed by atoms with Crippen molar-refractivity contribution in [3.8, 4) is 0 Å². The van der Waals surface area contributed by atoms with Crippen LogP contribution in [0, 0.1) is 0 Å². The maximum absolute atomic E-state index is 13.0. The van der Waals surface area contributed by atoms with Crippen LogP contribution in [0.3, 0.4) is 0 Å².